The van der Waals surface area contributed by atoms with Gasteiger partial charge in [0.25, 0.3) is 0 Å². The van der Waals surface area contributed by atoms with Crippen molar-refractivity contribution in [1.82, 2.24) is 0 Å². The Morgan fingerprint density at radius 2 is 2.54 bits per heavy atom. The van der Waals surface area contributed by atoms with Gasteiger partial charge in [-0.3, -0.25) is 4.79 Å². The summed E-state index contributed by atoms with van der Waals surface area (Å²) in [6, 6.07) is -0.345. The third-order valence-corrected chi connectivity index (χ3v) is 1.83. The average Bonchev–Trinajstić information content (AvgIpc) is 2.08. The van der Waals surface area contributed by atoms with Crippen LogP contribution in [0.2, 0.25) is 0 Å². The third-order valence-electron chi connectivity index (χ3n) is 1.83. The molecule has 0 amide bonds. The van der Waals surface area contributed by atoms with Crippen LogP contribution in [0.25, 0.3) is 10.4 Å². The maximum absolute atomic E-state index is 10.7. The Labute approximate surface area is 76.0 Å². The summed E-state index contributed by atoms with van der Waals surface area (Å²) in [6.07, 6.45) is 4.99. The molecule has 5 heteroatoms. The molecule has 1 aliphatic rings. The van der Waals surface area contributed by atoms with E-state index in [1.54, 1.807) is 6.08 Å². The minimum absolute atomic E-state index is 0.293. The highest BCUT2D eigenvalue weighted by atomic mass is 16.5. The summed E-state index contributed by atoms with van der Waals surface area (Å²) in [5, 5.41) is 3.53. The van der Waals surface area contributed by atoms with Crippen molar-refractivity contribution in [2.24, 2.45) is 5.11 Å². The lowest BCUT2D eigenvalue weighted by Crippen LogP contribution is -2.29. The van der Waals surface area contributed by atoms with Crippen molar-refractivity contribution in [1.29, 1.82) is 0 Å². The van der Waals surface area contributed by atoms with E-state index in [1.165, 1.54) is 6.92 Å². The predicted octanol–water partition coefficient (Wildman–Crippen LogP) is 1.95. The van der Waals surface area contributed by atoms with E-state index in [4.69, 9.17) is 10.3 Å². The first-order valence-electron chi connectivity index (χ1n) is 4.12. The number of carbonyl (C=O) groups is 1. The molecule has 0 unspecified atom stereocenters. The fourth-order valence-electron chi connectivity index (χ4n) is 1.31. The maximum atomic E-state index is 10.7. The Kier molecular flexibility index (Phi) is 3.34. The second-order valence-corrected chi connectivity index (χ2v) is 2.85. The zero-order valence-electron chi connectivity index (χ0n) is 7.38. The molecule has 0 saturated carbocycles. The summed E-state index contributed by atoms with van der Waals surface area (Å²) >= 11 is 0. The van der Waals surface area contributed by atoms with Crippen molar-refractivity contribution in [3.05, 3.63) is 22.6 Å². The topological polar surface area (TPSA) is 75.1 Å². The van der Waals surface area contributed by atoms with Gasteiger partial charge >= 0.3 is 5.97 Å². The van der Waals surface area contributed by atoms with E-state index in [9.17, 15) is 4.79 Å². The Hall–Kier alpha value is -1.48. The summed E-state index contributed by atoms with van der Waals surface area (Å²) in [4.78, 5) is 13.4. The van der Waals surface area contributed by atoms with Crippen molar-refractivity contribution < 1.29 is 9.53 Å². The van der Waals surface area contributed by atoms with Gasteiger partial charge in [0.2, 0.25) is 0 Å². The number of rotatable bonds is 2. The van der Waals surface area contributed by atoms with Crippen LogP contribution in [0.15, 0.2) is 17.3 Å². The first-order valence-corrected chi connectivity index (χ1v) is 4.12. The molecular formula is C8H11N3O2. The van der Waals surface area contributed by atoms with Crippen molar-refractivity contribution in [3.63, 3.8) is 0 Å². The van der Waals surface area contributed by atoms with E-state index in [2.05, 4.69) is 10.0 Å². The molecule has 1 rings (SSSR count). The molecule has 5 nitrogen and oxygen atoms in total. The molecule has 70 valence electrons. The van der Waals surface area contributed by atoms with E-state index < -0.39 is 0 Å². The molecule has 0 aromatic heterocycles. The first-order chi connectivity index (χ1) is 6.24. The Morgan fingerprint density at radius 3 is 3.15 bits per heavy atom. The standard InChI is InChI=1S/C8H11N3O2/c1-6(12)13-8-5-3-2-4-7(8)10-11-9/h2,4,7-8H,3,5H2,1H3/t7-,8-/m1/s1. The van der Waals surface area contributed by atoms with Gasteiger partial charge in [0.1, 0.15) is 6.10 Å². The molecule has 0 N–H and O–H groups in total. The fourth-order valence-corrected chi connectivity index (χ4v) is 1.31. The maximum Gasteiger partial charge on any atom is 0.302 e. The lowest BCUT2D eigenvalue weighted by Gasteiger charge is -2.23. The Morgan fingerprint density at radius 1 is 1.77 bits per heavy atom. The molecule has 0 saturated heterocycles. The summed E-state index contributed by atoms with van der Waals surface area (Å²) < 4.78 is 5.00. The van der Waals surface area contributed by atoms with Gasteiger partial charge in [-0.05, 0) is 18.4 Å². The van der Waals surface area contributed by atoms with E-state index >= 15 is 0 Å². The Balaban J connectivity index is 2.65. The third kappa shape index (κ3) is 2.80. The highest BCUT2D eigenvalue weighted by Gasteiger charge is 2.22. The van der Waals surface area contributed by atoms with Crippen LogP contribution in [0.3, 0.4) is 0 Å². The van der Waals surface area contributed by atoms with Crippen molar-refractivity contribution in [2.75, 3.05) is 0 Å². The molecule has 0 aliphatic heterocycles. The largest absolute Gasteiger partial charge is 0.462 e. The molecule has 2 atom stereocenters. The lowest BCUT2D eigenvalue weighted by molar-refractivity contribution is -0.147. The highest BCUT2D eigenvalue weighted by Crippen LogP contribution is 2.18. The van der Waals surface area contributed by atoms with Gasteiger partial charge in [0, 0.05) is 11.8 Å². The van der Waals surface area contributed by atoms with Gasteiger partial charge in [0.05, 0.1) is 6.04 Å². The van der Waals surface area contributed by atoms with Gasteiger partial charge in [-0.15, -0.1) is 0 Å². The second-order valence-electron chi connectivity index (χ2n) is 2.85. The van der Waals surface area contributed by atoms with Crippen LogP contribution in [0.1, 0.15) is 19.8 Å². The van der Waals surface area contributed by atoms with Gasteiger partial charge in [0.15, 0.2) is 0 Å². The summed E-state index contributed by atoms with van der Waals surface area (Å²) in [5.41, 5.74) is 8.25. The summed E-state index contributed by atoms with van der Waals surface area (Å²) in [5.74, 6) is -0.335. The average molecular weight is 181 g/mol. The zero-order valence-corrected chi connectivity index (χ0v) is 7.38. The molecule has 0 radical (unpaired) electrons. The Bertz CT molecular complexity index is 269. The lowest BCUT2D eigenvalue weighted by atomic mass is 10.0. The summed E-state index contributed by atoms with van der Waals surface area (Å²) in [6.45, 7) is 1.35. The molecule has 0 spiro atoms. The number of esters is 1. The molecule has 0 heterocycles. The number of allylic oxidation sites excluding steroid dienone is 1. The quantitative estimate of drug-likeness (QED) is 0.214. The molecule has 13 heavy (non-hydrogen) atoms. The molecular weight excluding hydrogens is 170 g/mol. The minimum atomic E-state index is -0.345. The van der Waals surface area contributed by atoms with Crippen LogP contribution >= 0.6 is 0 Å². The molecule has 0 bridgehead atoms. The smallest absolute Gasteiger partial charge is 0.302 e. The van der Waals surface area contributed by atoms with Gasteiger partial charge < -0.3 is 4.74 Å². The van der Waals surface area contributed by atoms with E-state index in [0.29, 0.717) is 0 Å². The summed E-state index contributed by atoms with van der Waals surface area (Å²) in [7, 11) is 0. The van der Waals surface area contributed by atoms with Crippen LogP contribution in [0, 0.1) is 0 Å². The minimum Gasteiger partial charge on any atom is -0.462 e. The van der Waals surface area contributed by atoms with Crippen molar-refractivity contribution in [2.45, 2.75) is 31.9 Å². The first kappa shape index (κ1) is 9.61. The number of azide groups is 1. The molecule has 1 aliphatic carbocycles. The fraction of sp³-hybridized carbons (Fsp3) is 0.625. The van der Waals surface area contributed by atoms with Gasteiger partial charge in [-0.2, -0.15) is 0 Å². The number of hydrogen-bond donors (Lipinski definition) is 0. The monoisotopic (exact) mass is 181 g/mol. The van der Waals surface area contributed by atoms with Crippen LogP contribution in [-0.4, -0.2) is 18.1 Å². The van der Waals surface area contributed by atoms with Gasteiger partial charge in [-0.1, -0.05) is 17.3 Å². The molecule has 0 aromatic carbocycles. The van der Waals surface area contributed by atoms with Crippen LogP contribution < -0.4 is 0 Å². The SMILES string of the molecule is CC(=O)O[C@@H]1CCC=C[C@H]1N=[N+]=[N-]. The second kappa shape index (κ2) is 4.52. The zero-order chi connectivity index (χ0) is 9.68. The van der Waals surface area contributed by atoms with Crippen LogP contribution in [0.4, 0.5) is 0 Å². The number of ether oxygens (including phenoxy) is 1. The highest BCUT2D eigenvalue weighted by molar-refractivity contribution is 5.66. The predicted molar refractivity (Wildman–Crippen MR) is 46.9 cm³/mol. The normalized spacial score (nSPS) is 26.2. The molecule has 0 aromatic rings. The van der Waals surface area contributed by atoms with Crippen molar-refractivity contribution >= 4 is 5.97 Å². The van der Waals surface area contributed by atoms with Gasteiger partial charge in [-0.25, -0.2) is 0 Å². The number of nitrogens with zero attached hydrogens (tertiary/aromatic N) is 3. The van der Waals surface area contributed by atoms with E-state index in [1.807, 2.05) is 6.08 Å². The number of hydrogen-bond acceptors (Lipinski definition) is 3. The van der Waals surface area contributed by atoms with Crippen LogP contribution in [0.5, 0.6) is 0 Å². The van der Waals surface area contributed by atoms with E-state index in [0.717, 1.165) is 12.8 Å². The van der Waals surface area contributed by atoms with Crippen LogP contribution in [-0.2, 0) is 9.53 Å². The number of carbonyl (C=O) groups excluding carboxylic acids is 1. The van der Waals surface area contributed by atoms with Crippen molar-refractivity contribution in [3.8, 4) is 0 Å². The van der Waals surface area contributed by atoms with E-state index in [-0.39, 0.29) is 18.1 Å². The molecule has 0 fully saturated rings.